The van der Waals surface area contributed by atoms with Crippen LogP contribution in [0.4, 0.5) is 0 Å². The zero-order valence-corrected chi connectivity index (χ0v) is 16.8. The maximum absolute atomic E-state index is 12.3. The Morgan fingerprint density at radius 3 is 2.57 bits per heavy atom. The molecule has 0 aliphatic heterocycles. The highest BCUT2D eigenvalue weighted by molar-refractivity contribution is 7.13. The second-order valence-corrected chi connectivity index (χ2v) is 7.39. The molecule has 154 valence electrons. The average molecular weight is 423 g/mol. The molecule has 0 bridgehead atoms. The number of carboxylic acids is 1. The number of hydrogen-bond acceptors (Lipinski definition) is 5. The van der Waals surface area contributed by atoms with Gasteiger partial charge in [0.05, 0.1) is 0 Å². The number of nitrogens with two attached hydrogens (primary N) is 2. The zero-order chi connectivity index (χ0) is 21.5. The minimum absolute atomic E-state index is 0.00548. The van der Waals surface area contributed by atoms with E-state index in [1.165, 1.54) is 0 Å². The number of benzene rings is 2. The summed E-state index contributed by atoms with van der Waals surface area (Å²) in [7, 11) is 0. The fraction of sp³-hybridized carbons (Fsp3) is 0.143. The van der Waals surface area contributed by atoms with Crippen molar-refractivity contribution in [3.05, 3.63) is 76.8 Å². The van der Waals surface area contributed by atoms with Crippen molar-refractivity contribution < 1.29 is 14.7 Å². The number of hydrogen-bond donors (Lipinski definition) is 4. The number of aromatic nitrogens is 1. The van der Waals surface area contributed by atoms with E-state index in [1.807, 2.05) is 29.6 Å². The van der Waals surface area contributed by atoms with Crippen LogP contribution in [0.3, 0.4) is 0 Å². The molecule has 0 aliphatic rings. The summed E-state index contributed by atoms with van der Waals surface area (Å²) in [4.78, 5) is 31.4. The van der Waals surface area contributed by atoms with Gasteiger partial charge in [-0.25, -0.2) is 4.98 Å². The Labute approximate surface area is 177 Å². The number of nitrogens with one attached hydrogen (secondary N) is 1. The van der Waals surface area contributed by atoms with Crippen LogP contribution in [0.5, 0.6) is 0 Å². The molecule has 0 fully saturated rings. The highest BCUT2D eigenvalue weighted by Crippen LogP contribution is 2.25. The molecule has 1 aromatic heterocycles. The van der Waals surface area contributed by atoms with Gasteiger partial charge in [0.25, 0.3) is 5.91 Å². The van der Waals surface area contributed by atoms with Gasteiger partial charge in [0.2, 0.25) is 0 Å². The number of thiazole rings is 1. The lowest BCUT2D eigenvalue weighted by molar-refractivity contribution is -0.138. The van der Waals surface area contributed by atoms with Crippen LogP contribution in [-0.2, 0) is 17.8 Å². The van der Waals surface area contributed by atoms with E-state index in [2.05, 4.69) is 15.3 Å². The van der Waals surface area contributed by atoms with Gasteiger partial charge in [0, 0.05) is 29.2 Å². The van der Waals surface area contributed by atoms with Gasteiger partial charge in [0.15, 0.2) is 5.96 Å². The quantitative estimate of drug-likeness (QED) is 0.336. The molecule has 3 aromatic rings. The van der Waals surface area contributed by atoms with Crippen molar-refractivity contribution in [2.45, 2.75) is 19.0 Å². The smallest absolute Gasteiger partial charge is 0.320 e. The average Bonchev–Trinajstić information content (AvgIpc) is 3.27. The number of aliphatic imine (C=N–C) groups is 1. The van der Waals surface area contributed by atoms with Gasteiger partial charge >= 0.3 is 5.97 Å². The van der Waals surface area contributed by atoms with Crippen LogP contribution in [0.1, 0.15) is 21.5 Å². The summed E-state index contributed by atoms with van der Waals surface area (Å²) < 4.78 is 0. The Hall–Kier alpha value is -3.56. The molecule has 1 amide bonds. The van der Waals surface area contributed by atoms with Crippen molar-refractivity contribution in [3.8, 4) is 10.6 Å². The van der Waals surface area contributed by atoms with Gasteiger partial charge in [-0.15, -0.1) is 11.3 Å². The van der Waals surface area contributed by atoms with Gasteiger partial charge in [-0.3, -0.25) is 9.59 Å². The molecular formula is C21H21N5O3S. The Morgan fingerprint density at radius 2 is 1.90 bits per heavy atom. The fourth-order valence-corrected chi connectivity index (χ4v) is 3.46. The lowest BCUT2D eigenvalue weighted by Crippen LogP contribution is -2.32. The van der Waals surface area contributed by atoms with E-state index in [1.54, 1.807) is 41.8 Å². The first-order valence-electron chi connectivity index (χ1n) is 9.11. The van der Waals surface area contributed by atoms with Crippen LogP contribution in [0, 0.1) is 0 Å². The third-order valence-corrected chi connectivity index (χ3v) is 5.14. The molecular weight excluding hydrogens is 402 g/mol. The Balaban J connectivity index is 1.62. The number of nitrogens with zero attached hydrogens (tertiary/aromatic N) is 2. The second-order valence-electron chi connectivity index (χ2n) is 6.50. The molecule has 9 heteroatoms. The number of carbonyl (C=O) groups excluding carboxylic acids is 1. The highest BCUT2D eigenvalue weighted by Gasteiger charge is 2.13. The standard InChI is InChI=1S/C21H21N5O3S/c22-17(20(28)29)11-13-5-7-14(8-6-13)18(27)26-21(23)25-12-15-3-1-2-4-16(15)19-24-9-10-30-19/h1-10,17H,11-12,22H2,(H,28,29)(H3,23,25,26,27)/t17-/m0/s1. The third kappa shape index (κ3) is 5.49. The number of rotatable bonds is 7. The van der Waals surface area contributed by atoms with Crippen molar-refractivity contribution in [3.63, 3.8) is 0 Å². The fourth-order valence-electron chi connectivity index (χ4n) is 2.76. The third-order valence-electron chi connectivity index (χ3n) is 4.34. The van der Waals surface area contributed by atoms with Gasteiger partial charge in [0.1, 0.15) is 11.0 Å². The molecule has 0 spiro atoms. The summed E-state index contributed by atoms with van der Waals surface area (Å²) in [6.45, 7) is 0.393. The van der Waals surface area contributed by atoms with E-state index < -0.39 is 17.9 Å². The van der Waals surface area contributed by atoms with E-state index in [4.69, 9.17) is 16.6 Å². The maximum Gasteiger partial charge on any atom is 0.320 e. The van der Waals surface area contributed by atoms with Gasteiger partial charge < -0.3 is 21.9 Å². The molecule has 8 nitrogen and oxygen atoms in total. The van der Waals surface area contributed by atoms with Crippen LogP contribution in [0.2, 0.25) is 0 Å². The maximum atomic E-state index is 12.3. The second kappa shape index (κ2) is 9.77. The molecule has 6 N–H and O–H groups in total. The number of carbonyl (C=O) groups is 2. The van der Waals surface area contributed by atoms with Crippen LogP contribution < -0.4 is 16.8 Å². The van der Waals surface area contributed by atoms with E-state index in [0.717, 1.165) is 21.7 Å². The SMILES string of the molecule is N/C(=N\C(=O)c1ccc(C[C@H](N)C(=O)O)cc1)NCc1ccccc1-c1nccs1. The molecule has 3 rings (SSSR count). The minimum Gasteiger partial charge on any atom is -0.480 e. The lowest BCUT2D eigenvalue weighted by atomic mass is 10.0. The summed E-state index contributed by atoms with van der Waals surface area (Å²) in [6, 6.07) is 13.3. The van der Waals surface area contributed by atoms with E-state index >= 15 is 0 Å². The molecule has 2 aromatic carbocycles. The first-order valence-corrected chi connectivity index (χ1v) is 9.99. The molecule has 0 aliphatic carbocycles. The minimum atomic E-state index is -1.07. The molecule has 0 saturated heterocycles. The largest absolute Gasteiger partial charge is 0.480 e. The number of guanidine groups is 1. The summed E-state index contributed by atoms with van der Waals surface area (Å²) in [5, 5.41) is 14.6. The molecule has 1 heterocycles. The van der Waals surface area contributed by atoms with Gasteiger partial charge in [-0.1, -0.05) is 36.4 Å². The summed E-state index contributed by atoms with van der Waals surface area (Å²) in [5.74, 6) is -1.57. The Bertz CT molecular complexity index is 1050. The van der Waals surface area contributed by atoms with E-state index in [-0.39, 0.29) is 12.4 Å². The molecule has 1 atom stereocenters. The van der Waals surface area contributed by atoms with Crippen LogP contribution in [0.25, 0.3) is 10.6 Å². The first-order chi connectivity index (χ1) is 14.4. The topological polar surface area (TPSA) is 144 Å². The van der Waals surface area contributed by atoms with Crippen molar-refractivity contribution in [2.24, 2.45) is 16.5 Å². The zero-order valence-electron chi connectivity index (χ0n) is 16.0. The van der Waals surface area contributed by atoms with Crippen LogP contribution >= 0.6 is 11.3 Å². The molecule has 0 radical (unpaired) electrons. The van der Waals surface area contributed by atoms with Crippen LogP contribution in [-0.4, -0.2) is 34.0 Å². The Morgan fingerprint density at radius 1 is 1.17 bits per heavy atom. The molecule has 0 unspecified atom stereocenters. The lowest BCUT2D eigenvalue weighted by Gasteiger charge is -2.09. The predicted octanol–water partition coefficient (Wildman–Crippen LogP) is 2.01. The van der Waals surface area contributed by atoms with Gasteiger partial charge in [-0.2, -0.15) is 4.99 Å². The van der Waals surface area contributed by atoms with Crippen molar-refractivity contribution in [1.82, 2.24) is 10.3 Å². The van der Waals surface area contributed by atoms with Crippen molar-refractivity contribution in [2.75, 3.05) is 0 Å². The molecule has 0 saturated carbocycles. The normalized spacial score (nSPS) is 12.4. The monoisotopic (exact) mass is 423 g/mol. The molecule has 30 heavy (non-hydrogen) atoms. The summed E-state index contributed by atoms with van der Waals surface area (Å²) in [5.41, 5.74) is 14.4. The van der Waals surface area contributed by atoms with E-state index in [9.17, 15) is 9.59 Å². The highest BCUT2D eigenvalue weighted by atomic mass is 32.1. The summed E-state index contributed by atoms with van der Waals surface area (Å²) in [6.07, 6.45) is 1.93. The number of carboxylic acid groups (broad SMARTS) is 1. The first kappa shape index (κ1) is 21.2. The number of amides is 1. The van der Waals surface area contributed by atoms with Crippen LogP contribution in [0.15, 0.2) is 65.1 Å². The van der Waals surface area contributed by atoms with Crippen molar-refractivity contribution in [1.29, 1.82) is 0 Å². The van der Waals surface area contributed by atoms with E-state index in [0.29, 0.717) is 12.1 Å². The summed E-state index contributed by atoms with van der Waals surface area (Å²) >= 11 is 1.54. The predicted molar refractivity (Wildman–Crippen MR) is 116 cm³/mol. The van der Waals surface area contributed by atoms with Crippen molar-refractivity contribution >= 4 is 29.2 Å². The van der Waals surface area contributed by atoms with Gasteiger partial charge in [-0.05, 0) is 29.7 Å². The Kier molecular flexibility index (Phi) is 6.89. The number of aliphatic carboxylic acids is 1.